The van der Waals surface area contributed by atoms with Gasteiger partial charge in [-0.25, -0.2) is 4.39 Å². The summed E-state index contributed by atoms with van der Waals surface area (Å²) < 4.78 is 13.6. The number of hydrogen-bond acceptors (Lipinski definition) is 2. The van der Waals surface area contributed by atoms with Gasteiger partial charge in [-0.05, 0) is 12.1 Å². The Balaban J connectivity index is 2.56. The van der Waals surface area contributed by atoms with Crippen molar-refractivity contribution < 1.29 is 14.0 Å². The van der Waals surface area contributed by atoms with Crippen LogP contribution in [0, 0.1) is 11.2 Å². The molecule has 3 heteroatoms. The Morgan fingerprint density at radius 1 is 1.18 bits per heavy atom. The smallest absolute Gasteiger partial charge is 0.169 e. The number of carbonyl (C=O) groups is 2. The van der Waals surface area contributed by atoms with Gasteiger partial charge >= 0.3 is 0 Å². The molecule has 0 aliphatic heterocycles. The number of carbonyl (C=O) groups excluding carboxylic acids is 2. The van der Waals surface area contributed by atoms with Gasteiger partial charge in [0.15, 0.2) is 11.6 Å². The lowest BCUT2D eigenvalue weighted by Crippen LogP contribution is -2.32. The van der Waals surface area contributed by atoms with Crippen molar-refractivity contribution in [3.63, 3.8) is 0 Å². The molecule has 0 radical (unpaired) electrons. The van der Waals surface area contributed by atoms with E-state index in [2.05, 4.69) is 0 Å². The molecule has 0 unspecified atom stereocenters. The molecule has 0 aromatic heterocycles. The highest BCUT2D eigenvalue weighted by molar-refractivity contribution is 6.30. The average Bonchev–Trinajstić information content (AvgIpc) is 2.24. The third-order valence-corrected chi connectivity index (χ3v) is 2.94. The third-order valence-electron chi connectivity index (χ3n) is 2.94. The Kier molecular flexibility index (Phi) is 2.69. The number of rotatable bonds is 1. The zero-order valence-electron chi connectivity index (χ0n) is 9.79. The molecule has 2 nitrogen and oxygen atoms in total. The second-order valence-electron chi connectivity index (χ2n) is 4.89. The van der Waals surface area contributed by atoms with Crippen molar-refractivity contribution in [1.82, 2.24) is 0 Å². The van der Waals surface area contributed by atoms with Crippen molar-refractivity contribution in [3.05, 3.63) is 41.7 Å². The molecule has 0 saturated carbocycles. The maximum Gasteiger partial charge on any atom is 0.169 e. The molecule has 0 saturated heterocycles. The summed E-state index contributed by atoms with van der Waals surface area (Å²) in [5.74, 6) is -0.785. The summed E-state index contributed by atoms with van der Waals surface area (Å²) in [5.41, 5.74) is -0.355. The van der Waals surface area contributed by atoms with Crippen molar-refractivity contribution >= 4 is 17.1 Å². The van der Waals surface area contributed by atoms with E-state index >= 15 is 0 Å². The molecule has 1 aromatic carbocycles. The van der Waals surface area contributed by atoms with Gasteiger partial charge in [0, 0.05) is 23.0 Å². The van der Waals surface area contributed by atoms with Crippen molar-refractivity contribution in [2.45, 2.75) is 20.3 Å². The Morgan fingerprint density at radius 3 is 2.47 bits per heavy atom. The minimum Gasteiger partial charge on any atom is -0.295 e. The van der Waals surface area contributed by atoms with Crippen LogP contribution in [-0.4, -0.2) is 11.6 Å². The summed E-state index contributed by atoms with van der Waals surface area (Å²) in [6.45, 7) is 3.42. The molecule has 1 aliphatic rings. The summed E-state index contributed by atoms with van der Waals surface area (Å²) in [6, 6.07) is 6.02. The molecular formula is C14H13FO2. The van der Waals surface area contributed by atoms with Gasteiger partial charge in [-0.1, -0.05) is 32.0 Å². The zero-order chi connectivity index (χ0) is 12.6. The van der Waals surface area contributed by atoms with Gasteiger partial charge < -0.3 is 0 Å². The summed E-state index contributed by atoms with van der Waals surface area (Å²) in [4.78, 5) is 23.7. The number of benzene rings is 1. The van der Waals surface area contributed by atoms with Crippen LogP contribution in [0.2, 0.25) is 0 Å². The second-order valence-corrected chi connectivity index (χ2v) is 4.89. The van der Waals surface area contributed by atoms with E-state index in [1.54, 1.807) is 26.0 Å². The van der Waals surface area contributed by atoms with E-state index in [0.29, 0.717) is 0 Å². The van der Waals surface area contributed by atoms with E-state index in [0.717, 1.165) is 0 Å². The summed E-state index contributed by atoms with van der Waals surface area (Å²) in [6.07, 6.45) is 1.44. The summed E-state index contributed by atoms with van der Waals surface area (Å²) in [7, 11) is 0. The largest absolute Gasteiger partial charge is 0.295 e. The molecule has 0 spiro atoms. The topological polar surface area (TPSA) is 34.1 Å². The number of allylic oxidation sites excluding steroid dienone is 2. The maximum atomic E-state index is 13.6. The fourth-order valence-electron chi connectivity index (χ4n) is 2.04. The van der Waals surface area contributed by atoms with Crippen LogP contribution < -0.4 is 0 Å². The van der Waals surface area contributed by atoms with Crippen LogP contribution in [0.5, 0.6) is 0 Å². The van der Waals surface area contributed by atoms with Crippen molar-refractivity contribution in [1.29, 1.82) is 0 Å². The lowest BCUT2D eigenvalue weighted by molar-refractivity contribution is -0.127. The molecule has 0 bridgehead atoms. The highest BCUT2D eigenvalue weighted by Gasteiger charge is 2.37. The number of ketones is 2. The lowest BCUT2D eigenvalue weighted by Gasteiger charge is -2.27. The molecule has 1 aliphatic carbocycles. The van der Waals surface area contributed by atoms with E-state index in [4.69, 9.17) is 0 Å². The van der Waals surface area contributed by atoms with Gasteiger partial charge in [-0.15, -0.1) is 0 Å². The first kappa shape index (κ1) is 11.7. The maximum absolute atomic E-state index is 13.6. The zero-order valence-corrected chi connectivity index (χ0v) is 9.79. The van der Waals surface area contributed by atoms with E-state index < -0.39 is 11.2 Å². The van der Waals surface area contributed by atoms with Crippen molar-refractivity contribution in [2.75, 3.05) is 0 Å². The highest BCUT2D eigenvalue weighted by atomic mass is 19.1. The Bertz CT molecular complexity index is 527. The molecule has 17 heavy (non-hydrogen) atoms. The van der Waals surface area contributed by atoms with E-state index in [1.165, 1.54) is 18.2 Å². The minimum atomic E-state index is -0.747. The predicted molar refractivity (Wildman–Crippen MR) is 62.8 cm³/mol. The van der Waals surface area contributed by atoms with Gasteiger partial charge in [0.1, 0.15) is 5.82 Å². The lowest BCUT2D eigenvalue weighted by atomic mass is 9.74. The predicted octanol–water partition coefficient (Wildman–Crippen LogP) is 2.78. The first-order valence-corrected chi connectivity index (χ1v) is 5.46. The van der Waals surface area contributed by atoms with Gasteiger partial charge in [-0.3, -0.25) is 9.59 Å². The molecule has 0 fully saturated rings. The van der Waals surface area contributed by atoms with Crippen LogP contribution in [0.3, 0.4) is 0 Å². The quantitative estimate of drug-likeness (QED) is 0.746. The van der Waals surface area contributed by atoms with Crippen LogP contribution in [0.25, 0.3) is 5.57 Å². The van der Waals surface area contributed by atoms with Crippen LogP contribution in [0.4, 0.5) is 4.39 Å². The Labute approximate surface area is 99.1 Å². The Morgan fingerprint density at radius 2 is 1.82 bits per heavy atom. The monoisotopic (exact) mass is 232 g/mol. The van der Waals surface area contributed by atoms with E-state index in [1.807, 2.05) is 0 Å². The molecule has 2 rings (SSSR count). The molecular weight excluding hydrogens is 219 g/mol. The van der Waals surface area contributed by atoms with E-state index in [-0.39, 0.29) is 29.1 Å². The number of hydrogen-bond donors (Lipinski definition) is 0. The van der Waals surface area contributed by atoms with Crippen LogP contribution in [0.15, 0.2) is 30.3 Å². The Hall–Kier alpha value is -1.77. The van der Waals surface area contributed by atoms with E-state index in [9.17, 15) is 14.0 Å². The fourth-order valence-corrected chi connectivity index (χ4v) is 2.04. The minimum absolute atomic E-state index is 0.132. The molecule has 88 valence electrons. The van der Waals surface area contributed by atoms with Crippen molar-refractivity contribution in [3.8, 4) is 0 Å². The van der Waals surface area contributed by atoms with Gasteiger partial charge in [0.05, 0.1) is 0 Å². The molecule has 0 heterocycles. The fraction of sp³-hybridized carbons (Fsp3) is 0.286. The molecule has 0 amide bonds. The van der Waals surface area contributed by atoms with Crippen LogP contribution in [0.1, 0.15) is 25.8 Å². The molecule has 1 aromatic rings. The SMILES string of the molecule is CC1(C)CC(=O)C=C(c2ccccc2F)C1=O. The summed E-state index contributed by atoms with van der Waals surface area (Å²) in [5, 5.41) is 0. The van der Waals surface area contributed by atoms with Crippen molar-refractivity contribution in [2.24, 2.45) is 5.41 Å². The third kappa shape index (κ3) is 2.05. The van der Waals surface area contributed by atoms with Crippen LogP contribution >= 0.6 is 0 Å². The van der Waals surface area contributed by atoms with Gasteiger partial charge in [0.2, 0.25) is 0 Å². The second kappa shape index (κ2) is 3.91. The standard InChI is InChI=1S/C14H13FO2/c1-14(2)8-9(16)7-11(13(14)17)10-5-3-4-6-12(10)15/h3-7H,8H2,1-2H3. The highest BCUT2D eigenvalue weighted by Crippen LogP contribution is 2.35. The number of Topliss-reactive ketones (excluding diaryl/α,β-unsaturated/α-hetero) is 1. The average molecular weight is 232 g/mol. The normalized spacial score (nSPS) is 19.1. The van der Waals surface area contributed by atoms with Crippen LogP contribution in [-0.2, 0) is 9.59 Å². The van der Waals surface area contributed by atoms with Gasteiger partial charge in [0.25, 0.3) is 0 Å². The van der Waals surface area contributed by atoms with Gasteiger partial charge in [-0.2, -0.15) is 0 Å². The first-order valence-electron chi connectivity index (χ1n) is 5.46. The first-order chi connectivity index (χ1) is 7.92. The molecule has 0 N–H and O–H groups in total. The number of halogens is 1. The summed E-state index contributed by atoms with van der Waals surface area (Å²) >= 11 is 0. The molecule has 0 atom stereocenters.